The Balaban J connectivity index is 2.28. The van der Waals surface area contributed by atoms with Gasteiger partial charge in [0.25, 0.3) is 0 Å². The van der Waals surface area contributed by atoms with E-state index in [2.05, 4.69) is 9.97 Å². The number of rotatable bonds is 4. The smallest absolute Gasteiger partial charge is 0.244 e. The highest BCUT2D eigenvalue weighted by Crippen LogP contribution is 2.27. The molecule has 0 aromatic carbocycles. The lowest BCUT2D eigenvalue weighted by Crippen LogP contribution is -2.27. The van der Waals surface area contributed by atoms with E-state index in [1.165, 1.54) is 15.6 Å². The third-order valence-electron chi connectivity index (χ3n) is 2.61. The summed E-state index contributed by atoms with van der Waals surface area (Å²) in [6, 6.07) is 1.72. The van der Waals surface area contributed by atoms with Crippen molar-refractivity contribution in [3.05, 3.63) is 34.0 Å². The Morgan fingerprint density at radius 3 is 2.67 bits per heavy atom. The minimum absolute atomic E-state index is 0.240. The number of imidazole rings is 1. The SMILES string of the molecule is Cc1cc(S(=O)(=O)N(C)Cc2ncc[nH]2)c(C)s1. The molecular formula is C11H15N3O2S2. The molecular weight excluding hydrogens is 270 g/mol. The van der Waals surface area contributed by atoms with E-state index >= 15 is 0 Å². The van der Waals surface area contributed by atoms with Gasteiger partial charge in [0.15, 0.2) is 0 Å². The maximum Gasteiger partial charge on any atom is 0.244 e. The molecule has 2 aromatic heterocycles. The average Bonchev–Trinajstić information content (AvgIpc) is 2.88. The van der Waals surface area contributed by atoms with Crippen molar-refractivity contribution in [1.82, 2.24) is 14.3 Å². The van der Waals surface area contributed by atoms with Gasteiger partial charge >= 0.3 is 0 Å². The number of nitrogens with zero attached hydrogens (tertiary/aromatic N) is 2. The van der Waals surface area contributed by atoms with Crippen LogP contribution < -0.4 is 0 Å². The molecule has 98 valence electrons. The van der Waals surface area contributed by atoms with Gasteiger partial charge in [-0.15, -0.1) is 11.3 Å². The van der Waals surface area contributed by atoms with Gasteiger partial charge in [0.2, 0.25) is 10.0 Å². The predicted molar refractivity (Wildman–Crippen MR) is 71.0 cm³/mol. The minimum atomic E-state index is -3.44. The van der Waals surface area contributed by atoms with Gasteiger partial charge in [-0.1, -0.05) is 0 Å². The molecule has 0 bridgehead atoms. The van der Waals surface area contributed by atoms with Crippen molar-refractivity contribution < 1.29 is 8.42 Å². The monoisotopic (exact) mass is 285 g/mol. The van der Waals surface area contributed by atoms with E-state index in [0.717, 1.165) is 9.75 Å². The van der Waals surface area contributed by atoms with Crippen LogP contribution in [-0.4, -0.2) is 29.7 Å². The van der Waals surface area contributed by atoms with E-state index in [4.69, 9.17) is 0 Å². The zero-order valence-electron chi connectivity index (χ0n) is 10.5. The van der Waals surface area contributed by atoms with Crippen LogP contribution >= 0.6 is 11.3 Å². The second-order valence-electron chi connectivity index (χ2n) is 4.07. The number of aromatic amines is 1. The average molecular weight is 285 g/mol. The van der Waals surface area contributed by atoms with Gasteiger partial charge in [0.1, 0.15) is 5.82 Å². The van der Waals surface area contributed by atoms with Crippen LogP contribution in [-0.2, 0) is 16.6 Å². The number of sulfonamides is 1. The molecule has 0 aliphatic rings. The van der Waals surface area contributed by atoms with Crippen LogP contribution in [0, 0.1) is 13.8 Å². The summed E-state index contributed by atoms with van der Waals surface area (Å²) in [7, 11) is -1.88. The fourth-order valence-electron chi connectivity index (χ4n) is 1.71. The molecule has 0 atom stereocenters. The summed E-state index contributed by atoms with van der Waals surface area (Å²) in [6.07, 6.45) is 3.28. The Hall–Kier alpha value is -1.18. The van der Waals surface area contributed by atoms with Gasteiger partial charge in [-0.2, -0.15) is 4.31 Å². The number of aryl methyl sites for hydroxylation is 2. The molecule has 1 N–H and O–H groups in total. The van der Waals surface area contributed by atoms with E-state index in [9.17, 15) is 8.42 Å². The second-order valence-corrected chi connectivity index (χ2v) is 7.55. The fourth-order valence-corrected chi connectivity index (χ4v) is 4.36. The number of H-pyrrole nitrogens is 1. The first-order valence-corrected chi connectivity index (χ1v) is 7.68. The molecule has 0 saturated heterocycles. The quantitative estimate of drug-likeness (QED) is 0.933. The maximum absolute atomic E-state index is 12.4. The first kappa shape index (κ1) is 13.3. The molecule has 0 aliphatic heterocycles. The molecule has 0 spiro atoms. The highest BCUT2D eigenvalue weighted by molar-refractivity contribution is 7.89. The van der Waals surface area contributed by atoms with Gasteiger partial charge in [-0.3, -0.25) is 0 Å². The number of aromatic nitrogens is 2. The molecule has 0 fully saturated rings. The topological polar surface area (TPSA) is 66.1 Å². The summed E-state index contributed by atoms with van der Waals surface area (Å²) in [5, 5.41) is 0. The maximum atomic E-state index is 12.4. The molecule has 0 aliphatic carbocycles. The molecule has 2 heterocycles. The molecule has 7 heteroatoms. The zero-order valence-corrected chi connectivity index (χ0v) is 12.1. The van der Waals surface area contributed by atoms with Crippen molar-refractivity contribution in [2.45, 2.75) is 25.3 Å². The van der Waals surface area contributed by atoms with E-state index in [-0.39, 0.29) is 6.54 Å². The molecule has 18 heavy (non-hydrogen) atoms. The van der Waals surface area contributed by atoms with Gasteiger partial charge in [0.05, 0.1) is 11.4 Å². The van der Waals surface area contributed by atoms with Crippen LogP contribution in [0.1, 0.15) is 15.6 Å². The van der Waals surface area contributed by atoms with Crippen LogP contribution in [0.25, 0.3) is 0 Å². The lowest BCUT2D eigenvalue weighted by Gasteiger charge is -2.15. The number of hydrogen-bond donors (Lipinski definition) is 1. The standard InChI is InChI=1S/C11H15N3O2S2/c1-8-6-10(9(2)17-8)18(15,16)14(3)7-11-12-4-5-13-11/h4-6H,7H2,1-3H3,(H,12,13). The number of thiophene rings is 1. The van der Waals surface area contributed by atoms with Crippen molar-refractivity contribution in [3.63, 3.8) is 0 Å². The molecule has 2 aromatic rings. The van der Waals surface area contributed by atoms with Crippen LogP contribution in [0.15, 0.2) is 23.4 Å². The van der Waals surface area contributed by atoms with Crippen molar-refractivity contribution in [2.24, 2.45) is 0 Å². The second kappa shape index (κ2) is 4.83. The van der Waals surface area contributed by atoms with Crippen LogP contribution in [0.5, 0.6) is 0 Å². The Morgan fingerprint density at radius 2 is 2.17 bits per heavy atom. The number of hydrogen-bond acceptors (Lipinski definition) is 4. The fraction of sp³-hybridized carbons (Fsp3) is 0.364. The van der Waals surface area contributed by atoms with E-state index < -0.39 is 10.0 Å². The van der Waals surface area contributed by atoms with Crippen LogP contribution in [0.4, 0.5) is 0 Å². The lowest BCUT2D eigenvalue weighted by atomic mass is 10.4. The summed E-state index contributed by atoms with van der Waals surface area (Å²) in [4.78, 5) is 9.13. The predicted octanol–water partition coefficient (Wildman–Crippen LogP) is 1.91. The van der Waals surface area contributed by atoms with E-state index in [0.29, 0.717) is 10.7 Å². The normalized spacial score (nSPS) is 12.2. The summed E-state index contributed by atoms with van der Waals surface area (Å²) < 4.78 is 26.1. The Bertz CT molecular complexity index is 629. The van der Waals surface area contributed by atoms with Gasteiger partial charge in [0, 0.05) is 29.2 Å². The molecule has 0 saturated carbocycles. The van der Waals surface area contributed by atoms with Gasteiger partial charge < -0.3 is 4.98 Å². The molecule has 0 radical (unpaired) electrons. The van der Waals surface area contributed by atoms with Gasteiger partial charge in [-0.05, 0) is 19.9 Å². The van der Waals surface area contributed by atoms with E-state index in [1.54, 1.807) is 25.5 Å². The van der Waals surface area contributed by atoms with Crippen molar-refractivity contribution in [1.29, 1.82) is 0 Å². The third kappa shape index (κ3) is 2.47. The summed E-state index contributed by atoms with van der Waals surface area (Å²) in [5.74, 6) is 0.630. The molecule has 0 unspecified atom stereocenters. The van der Waals surface area contributed by atoms with Crippen LogP contribution in [0.2, 0.25) is 0 Å². The highest BCUT2D eigenvalue weighted by Gasteiger charge is 2.24. The first-order valence-electron chi connectivity index (χ1n) is 5.43. The first-order chi connectivity index (χ1) is 8.41. The summed E-state index contributed by atoms with van der Waals surface area (Å²) >= 11 is 1.49. The Labute approximate surface area is 111 Å². The molecule has 5 nitrogen and oxygen atoms in total. The molecule has 2 rings (SSSR count). The van der Waals surface area contributed by atoms with Crippen molar-refractivity contribution in [3.8, 4) is 0 Å². The Kier molecular flexibility index (Phi) is 3.56. The largest absolute Gasteiger partial charge is 0.347 e. The minimum Gasteiger partial charge on any atom is -0.347 e. The third-order valence-corrected chi connectivity index (χ3v) is 5.64. The highest BCUT2D eigenvalue weighted by atomic mass is 32.2. The lowest BCUT2D eigenvalue weighted by molar-refractivity contribution is 0.458. The van der Waals surface area contributed by atoms with E-state index in [1.807, 2.05) is 13.8 Å². The summed E-state index contributed by atoms with van der Waals surface area (Å²) in [5.41, 5.74) is 0. The van der Waals surface area contributed by atoms with Crippen molar-refractivity contribution in [2.75, 3.05) is 7.05 Å². The van der Waals surface area contributed by atoms with Gasteiger partial charge in [-0.25, -0.2) is 13.4 Å². The zero-order chi connectivity index (χ0) is 13.3. The number of nitrogens with one attached hydrogen (secondary N) is 1. The van der Waals surface area contributed by atoms with Crippen LogP contribution in [0.3, 0.4) is 0 Å². The van der Waals surface area contributed by atoms with Crippen molar-refractivity contribution >= 4 is 21.4 Å². The molecule has 0 amide bonds. The Morgan fingerprint density at radius 1 is 1.44 bits per heavy atom. The summed E-state index contributed by atoms with van der Waals surface area (Å²) in [6.45, 7) is 3.97.